The topological polar surface area (TPSA) is 115 Å². The van der Waals surface area contributed by atoms with Gasteiger partial charge in [-0.25, -0.2) is 27.7 Å². The van der Waals surface area contributed by atoms with Crippen molar-refractivity contribution in [2.24, 2.45) is 11.1 Å². The summed E-state index contributed by atoms with van der Waals surface area (Å²) in [4.78, 5) is 18.9. The lowest BCUT2D eigenvalue weighted by Gasteiger charge is -2.16. The number of benzene rings is 2. The molecule has 0 spiro atoms. The van der Waals surface area contributed by atoms with Gasteiger partial charge < -0.3 is 9.67 Å². The maximum atomic E-state index is 15.0. The third kappa shape index (κ3) is 6.79. The summed E-state index contributed by atoms with van der Waals surface area (Å²) in [5, 5.41) is 15.7. The van der Waals surface area contributed by atoms with E-state index in [-0.39, 0.29) is 12.2 Å². The van der Waals surface area contributed by atoms with Crippen molar-refractivity contribution in [1.29, 1.82) is 0 Å². The zero-order valence-electron chi connectivity index (χ0n) is 24.6. The minimum atomic E-state index is -4.21. The van der Waals surface area contributed by atoms with Gasteiger partial charge in [-0.1, -0.05) is 37.0 Å². The molecule has 1 aliphatic carbocycles. The molecule has 1 aliphatic rings. The van der Waals surface area contributed by atoms with Gasteiger partial charge in [0.1, 0.15) is 15.7 Å². The monoisotopic (exact) mass is 659 g/mol. The number of carbonyl (C=O) groups is 1. The highest BCUT2D eigenvalue weighted by atomic mass is 32.2. The molecule has 0 saturated heterocycles. The van der Waals surface area contributed by atoms with E-state index in [1.165, 1.54) is 28.3 Å². The molecule has 45 heavy (non-hydrogen) atoms. The van der Waals surface area contributed by atoms with Crippen LogP contribution >= 0.6 is 22.7 Å². The van der Waals surface area contributed by atoms with Crippen LogP contribution in [-0.4, -0.2) is 29.0 Å². The molecule has 0 radical (unpaired) electrons. The Morgan fingerprint density at radius 3 is 2.53 bits per heavy atom. The summed E-state index contributed by atoms with van der Waals surface area (Å²) in [5.41, 5.74) is 5.00. The van der Waals surface area contributed by atoms with Crippen LogP contribution in [0.4, 0.5) is 4.39 Å². The van der Waals surface area contributed by atoms with Crippen LogP contribution in [0.1, 0.15) is 61.7 Å². The Hall–Kier alpha value is -4.08. The summed E-state index contributed by atoms with van der Waals surface area (Å²) >= 11 is 3.01. The molecule has 1 saturated carbocycles. The third-order valence-electron chi connectivity index (χ3n) is 7.71. The maximum Gasteiger partial charge on any atom is 0.355 e. The Kier molecular flexibility index (Phi) is 8.50. The second-order valence-corrected chi connectivity index (χ2v) is 15.0. The molecule has 6 rings (SSSR count). The predicted octanol–water partition coefficient (Wildman–Crippen LogP) is 7.10. The van der Waals surface area contributed by atoms with E-state index < -0.39 is 26.7 Å². The van der Waals surface area contributed by atoms with Crippen molar-refractivity contribution in [3.8, 4) is 33.7 Å². The van der Waals surface area contributed by atoms with Crippen LogP contribution in [-0.2, 0) is 29.4 Å². The lowest BCUT2D eigenvalue weighted by Crippen LogP contribution is -2.14. The first-order valence-electron chi connectivity index (χ1n) is 14.5. The summed E-state index contributed by atoms with van der Waals surface area (Å²) in [6, 6.07) is 17.9. The van der Waals surface area contributed by atoms with Gasteiger partial charge in [-0.15, -0.1) is 22.7 Å². The van der Waals surface area contributed by atoms with Gasteiger partial charge in [-0.05, 0) is 92.1 Å². The van der Waals surface area contributed by atoms with E-state index in [0.29, 0.717) is 27.8 Å². The predicted molar refractivity (Wildman–Crippen MR) is 176 cm³/mol. The average molecular weight is 660 g/mol. The molecule has 3 aromatic heterocycles. The number of hydrogen-bond acceptors (Lipinski definition) is 6. The molecule has 2 aromatic carbocycles. The summed E-state index contributed by atoms with van der Waals surface area (Å²) < 4.78 is 40.8. The minimum Gasteiger partial charge on any atom is -0.476 e. The first-order valence-corrected chi connectivity index (χ1v) is 17.6. The second-order valence-electron chi connectivity index (χ2n) is 11.1. The number of aromatic carboxylic acids is 1. The van der Waals surface area contributed by atoms with E-state index in [9.17, 15) is 22.7 Å². The van der Waals surface area contributed by atoms with E-state index in [4.69, 9.17) is 5.14 Å². The number of thiophene rings is 1. The van der Waals surface area contributed by atoms with Gasteiger partial charge in [0.25, 0.3) is 0 Å². The Balaban J connectivity index is 1.52. The van der Waals surface area contributed by atoms with Gasteiger partial charge >= 0.3 is 5.97 Å². The van der Waals surface area contributed by atoms with Crippen molar-refractivity contribution in [2.75, 3.05) is 0 Å². The largest absolute Gasteiger partial charge is 0.476 e. The minimum absolute atomic E-state index is 0.0610. The SMILES string of the molecule is CCc1sc(-c2cc(-c3cccc(C#Cc4ccc(C)s4)c3)n(Cc3ccc(S(N)(=O)=O)c(F)c3)c2CC2CC2)nc1C(=O)O. The van der Waals surface area contributed by atoms with Crippen LogP contribution in [0, 0.1) is 30.5 Å². The van der Waals surface area contributed by atoms with Crippen LogP contribution in [0.15, 0.2) is 65.6 Å². The van der Waals surface area contributed by atoms with Gasteiger partial charge in [0.2, 0.25) is 10.0 Å². The van der Waals surface area contributed by atoms with E-state index in [1.807, 2.05) is 56.3 Å². The zero-order chi connectivity index (χ0) is 31.9. The van der Waals surface area contributed by atoms with Gasteiger partial charge in [0.15, 0.2) is 5.69 Å². The number of primary sulfonamides is 1. The lowest BCUT2D eigenvalue weighted by molar-refractivity contribution is 0.0690. The number of thiazole rings is 1. The van der Waals surface area contributed by atoms with Crippen LogP contribution in [0.2, 0.25) is 0 Å². The van der Waals surface area contributed by atoms with Gasteiger partial charge in [-0.3, -0.25) is 0 Å². The molecular formula is C34H30FN3O4S3. The van der Waals surface area contributed by atoms with Crippen LogP contribution in [0.5, 0.6) is 0 Å². The summed E-state index contributed by atoms with van der Waals surface area (Å²) in [5.74, 6) is 5.01. The molecular weight excluding hydrogens is 630 g/mol. The molecule has 5 aromatic rings. The van der Waals surface area contributed by atoms with E-state index in [2.05, 4.69) is 21.4 Å². The number of hydrogen-bond donors (Lipinski definition) is 2. The highest BCUT2D eigenvalue weighted by Crippen LogP contribution is 2.42. The van der Waals surface area contributed by atoms with Crippen molar-refractivity contribution in [1.82, 2.24) is 9.55 Å². The highest BCUT2D eigenvalue weighted by Gasteiger charge is 2.29. The lowest BCUT2D eigenvalue weighted by atomic mass is 10.1. The number of nitrogens with zero attached hydrogens (tertiary/aromatic N) is 2. The van der Waals surface area contributed by atoms with Crippen molar-refractivity contribution < 1.29 is 22.7 Å². The number of nitrogens with two attached hydrogens (primary N) is 1. The maximum absolute atomic E-state index is 15.0. The standard InChI is InChI=1S/C34H30FN3O4S3/c1-3-30-32(34(39)40)37-33(44-30)26-18-28(24-6-4-5-21(15-24)10-13-25-12-7-20(2)43-25)38(29(26)17-22-8-9-22)19-23-11-14-31(27(35)16-23)45(36,41)42/h4-7,11-12,14-16,18,22H,3,8-9,17,19H2,1-2H3,(H,39,40)(H2,36,41,42). The first kappa shape index (κ1) is 30.9. The Morgan fingerprint density at radius 2 is 1.91 bits per heavy atom. The zero-order valence-corrected chi connectivity index (χ0v) is 27.1. The average Bonchev–Trinajstić information content (AvgIpc) is 3.38. The summed E-state index contributed by atoms with van der Waals surface area (Å²) in [6.07, 6.45) is 3.46. The van der Waals surface area contributed by atoms with Crippen LogP contribution in [0.3, 0.4) is 0 Å². The second kappa shape index (κ2) is 12.4. The quantitative estimate of drug-likeness (QED) is 0.164. The Bertz CT molecular complexity index is 2110. The van der Waals surface area contributed by atoms with Crippen molar-refractivity contribution in [3.63, 3.8) is 0 Å². The number of carboxylic acid groups (broad SMARTS) is 1. The van der Waals surface area contributed by atoms with Crippen molar-refractivity contribution >= 4 is 38.7 Å². The molecule has 0 aliphatic heterocycles. The molecule has 1 fully saturated rings. The molecule has 0 unspecified atom stereocenters. The molecule has 230 valence electrons. The van der Waals surface area contributed by atoms with E-state index in [1.54, 1.807) is 17.4 Å². The molecule has 11 heteroatoms. The van der Waals surface area contributed by atoms with Gasteiger partial charge in [-0.2, -0.15) is 0 Å². The Labute approximate surface area is 269 Å². The van der Waals surface area contributed by atoms with Crippen LogP contribution in [0.25, 0.3) is 21.8 Å². The summed E-state index contributed by atoms with van der Waals surface area (Å²) in [7, 11) is -4.21. The first-order chi connectivity index (χ1) is 21.5. The fourth-order valence-electron chi connectivity index (χ4n) is 5.33. The molecule has 3 heterocycles. The number of carboxylic acids is 1. The third-order valence-corrected chi connectivity index (χ3v) is 10.8. The number of aryl methyl sites for hydroxylation is 2. The highest BCUT2D eigenvalue weighted by molar-refractivity contribution is 7.89. The smallest absolute Gasteiger partial charge is 0.355 e. The molecule has 0 bridgehead atoms. The summed E-state index contributed by atoms with van der Waals surface area (Å²) in [6.45, 7) is 4.21. The number of rotatable bonds is 9. The number of halogens is 1. The Morgan fingerprint density at radius 1 is 1.11 bits per heavy atom. The van der Waals surface area contributed by atoms with Gasteiger partial charge in [0, 0.05) is 38.8 Å². The normalized spacial score (nSPS) is 13.1. The number of sulfonamides is 1. The fourth-order valence-corrected chi connectivity index (χ4v) is 7.67. The number of aromatic nitrogens is 2. The van der Waals surface area contributed by atoms with Crippen LogP contribution < -0.4 is 5.14 Å². The molecule has 0 amide bonds. The van der Waals surface area contributed by atoms with Crippen molar-refractivity contribution in [2.45, 2.75) is 51.0 Å². The van der Waals surface area contributed by atoms with E-state index >= 15 is 0 Å². The molecule has 3 N–H and O–H groups in total. The molecule has 0 atom stereocenters. The molecule has 7 nitrogen and oxygen atoms in total. The van der Waals surface area contributed by atoms with Gasteiger partial charge in [0.05, 0.1) is 4.88 Å². The fraction of sp³-hybridized carbons (Fsp3) is 0.235. The van der Waals surface area contributed by atoms with Crippen molar-refractivity contribution in [3.05, 3.63) is 104 Å². The van der Waals surface area contributed by atoms with E-state index in [0.717, 1.165) is 52.2 Å².